The standard InChI is InChI=1S/C21H28N2O3/c1-14(25)10-15-6-9-23(12-15)17-4-7-21(8-5-17)18-3-2-16(13-24)11-19(18)22-20(21)26/h2-3,11,15,17,24H,4-10,12-13H2,1H3,(H,22,26)/t15-,17?,21?/m1/s1. The molecule has 0 radical (unpaired) electrons. The Bertz CT molecular complexity index is 722. The number of likely N-dealkylation sites (tertiary alicyclic amines) is 1. The lowest BCUT2D eigenvalue weighted by Gasteiger charge is -2.39. The summed E-state index contributed by atoms with van der Waals surface area (Å²) in [5.74, 6) is 0.925. The van der Waals surface area contributed by atoms with E-state index < -0.39 is 5.41 Å². The predicted octanol–water partition coefficient (Wildman–Crippen LogP) is 2.61. The van der Waals surface area contributed by atoms with Gasteiger partial charge in [-0.1, -0.05) is 12.1 Å². The molecule has 0 bridgehead atoms. The van der Waals surface area contributed by atoms with E-state index in [1.807, 2.05) is 18.2 Å². The van der Waals surface area contributed by atoms with Gasteiger partial charge in [0.2, 0.25) is 5.91 Å². The number of amides is 1. The predicted molar refractivity (Wildman–Crippen MR) is 99.9 cm³/mol. The maximum absolute atomic E-state index is 12.8. The molecule has 0 unspecified atom stereocenters. The van der Waals surface area contributed by atoms with Gasteiger partial charge in [-0.05, 0) is 68.7 Å². The Hall–Kier alpha value is -1.72. The van der Waals surface area contributed by atoms with Crippen LogP contribution in [0.4, 0.5) is 5.69 Å². The van der Waals surface area contributed by atoms with Gasteiger partial charge in [0.1, 0.15) is 5.78 Å². The van der Waals surface area contributed by atoms with Crippen LogP contribution >= 0.6 is 0 Å². The fourth-order valence-electron chi connectivity index (χ4n) is 5.30. The molecule has 0 aromatic heterocycles. The van der Waals surface area contributed by atoms with Crippen LogP contribution in [0, 0.1) is 5.92 Å². The van der Waals surface area contributed by atoms with Crippen LogP contribution < -0.4 is 5.32 Å². The highest BCUT2D eigenvalue weighted by Gasteiger charge is 2.49. The maximum atomic E-state index is 12.8. The van der Waals surface area contributed by atoms with Crippen molar-refractivity contribution in [2.45, 2.75) is 63.5 Å². The molecule has 4 rings (SSSR count). The lowest BCUT2D eigenvalue weighted by molar-refractivity contribution is -0.122. The lowest BCUT2D eigenvalue weighted by Crippen LogP contribution is -2.44. The normalized spacial score (nSPS) is 31.2. The summed E-state index contributed by atoms with van der Waals surface area (Å²) < 4.78 is 0. The minimum atomic E-state index is -0.391. The number of ketones is 1. The first-order valence-corrected chi connectivity index (χ1v) is 9.81. The van der Waals surface area contributed by atoms with E-state index in [1.54, 1.807) is 6.92 Å². The van der Waals surface area contributed by atoms with Crippen LogP contribution in [-0.4, -0.2) is 40.8 Å². The van der Waals surface area contributed by atoms with Crippen LogP contribution in [0.2, 0.25) is 0 Å². The van der Waals surface area contributed by atoms with E-state index in [1.165, 1.54) is 0 Å². The van der Waals surface area contributed by atoms with Gasteiger partial charge < -0.3 is 20.1 Å². The summed E-state index contributed by atoms with van der Waals surface area (Å²) >= 11 is 0. The van der Waals surface area contributed by atoms with Gasteiger partial charge >= 0.3 is 0 Å². The zero-order valence-electron chi connectivity index (χ0n) is 15.5. The van der Waals surface area contributed by atoms with Crippen LogP contribution in [0.3, 0.4) is 0 Å². The minimum Gasteiger partial charge on any atom is -0.392 e. The molecule has 3 aliphatic rings. The number of fused-ring (bicyclic) bond motifs is 2. The van der Waals surface area contributed by atoms with E-state index in [2.05, 4.69) is 10.2 Å². The second kappa shape index (κ2) is 6.78. The number of rotatable bonds is 4. The van der Waals surface area contributed by atoms with Crippen LogP contribution in [-0.2, 0) is 21.6 Å². The average Bonchev–Trinajstić information content (AvgIpc) is 3.18. The number of nitrogens with one attached hydrogen (secondary N) is 1. The van der Waals surface area contributed by atoms with Crippen molar-refractivity contribution in [2.75, 3.05) is 18.4 Å². The minimum absolute atomic E-state index is 0.00534. The molecular weight excluding hydrogens is 328 g/mol. The van der Waals surface area contributed by atoms with Gasteiger partial charge in [0.05, 0.1) is 12.0 Å². The van der Waals surface area contributed by atoms with Gasteiger partial charge in [-0.2, -0.15) is 0 Å². The van der Waals surface area contributed by atoms with Gasteiger partial charge in [-0.3, -0.25) is 4.79 Å². The first-order chi connectivity index (χ1) is 12.5. The number of carbonyl (C=O) groups excluding carboxylic acids is 2. The van der Waals surface area contributed by atoms with Crippen molar-refractivity contribution in [3.8, 4) is 0 Å². The van der Waals surface area contributed by atoms with Gasteiger partial charge in [-0.15, -0.1) is 0 Å². The lowest BCUT2D eigenvalue weighted by atomic mass is 9.68. The monoisotopic (exact) mass is 356 g/mol. The Kier molecular flexibility index (Phi) is 4.61. The Morgan fingerprint density at radius 2 is 2.08 bits per heavy atom. The van der Waals surface area contributed by atoms with Crippen LogP contribution in [0.5, 0.6) is 0 Å². The second-order valence-corrected chi connectivity index (χ2v) is 8.36. The Labute approximate surface area is 154 Å². The number of aliphatic hydroxyl groups excluding tert-OH is 1. The topological polar surface area (TPSA) is 69.6 Å². The first kappa shape index (κ1) is 17.7. The molecule has 2 N–H and O–H groups in total. The van der Waals surface area contributed by atoms with Gasteiger partial charge in [0.25, 0.3) is 0 Å². The Morgan fingerprint density at radius 1 is 1.31 bits per heavy atom. The Balaban J connectivity index is 1.44. The maximum Gasteiger partial charge on any atom is 0.235 e. The van der Waals surface area contributed by atoms with Gasteiger partial charge in [0.15, 0.2) is 0 Å². The van der Waals surface area contributed by atoms with Crippen LogP contribution in [0.1, 0.15) is 56.6 Å². The van der Waals surface area contributed by atoms with Crippen molar-refractivity contribution in [1.29, 1.82) is 0 Å². The number of hydrogen-bond donors (Lipinski definition) is 2. The zero-order chi connectivity index (χ0) is 18.3. The van der Waals surface area contributed by atoms with Gasteiger partial charge in [0, 0.05) is 24.7 Å². The molecular formula is C21H28N2O3. The first-order valence-electron chi connectivity index (χ1n) is 9.81. The van der Waals surface area contributed by atoms with Crippen molar-refractivity contribution < 1.29 is 14.7 Å². The van der Waals surface area contributed by atoms with E-state index in [0.717, 1.165) is 62.0 Å². The van der Waals surface area contributed by atoms with E-state index >= 15 is 0 Å². The van der Waals surface area contributed by atoms with Crippen molar-refractivity contribution in [3.63, 3.8) is 0 Å². The number of carbonyl (C=O) groups is 2. The summed E-state index contributed by atoms with van der Waals surface area (Å²) in [6, 6.07) is 6.39. The molecule has 2 heterocycles. The van der Waals surface area contributed by atoms with Crippen molar-refractivity contribution in [2.24, 2.45) is 5.92 Å². The number of aliphatic hydroxyl groups is 1. The zero-order valence-corrected chi connectivity index (χ0v) is 15.5. The number of anilines is 1. The highest BCUT2D eigenvalue weighted by atomic mass is 16.3. The molecule has 1 spiro atoms. The summed E-state index contributed by atoms with van der Waals surface area (Å²) in [5, 5.41) is 12.4. The third-order valence-electron chi connectivity index (χ3n) is 6.68. The van der Waals surface area contributed by atoms with Crippen molar-refractivity contribution >= 4 is 17.4 Å². The molecule has 2 aliphatic heterocycles. The summed E-state index contributed by atoms with van der Waals surface area (Å²) in [6.45, 7) is 3.79. The summed E-state index contributed by atoms with van der Waals surface area (Å²) in [5.41, 5.74) is 2.43. The molecule has 5 nitrogen and oxygen atoms in total. The third kappa shape index (κ3) is 2.97. The second-order valence-electron chi connectivity index (χ2n) is 8.36. The molecule has 140 valence electrons. The van der Waals surface area contributed by atoms with E-state index in [-0.39, 0.29) is 12.5 Å². The molecule has 1 aromatic rings. The van der Waals surface area contributed by atoms with Crippen LogP contribution in [0.25, 0.3) is 0 Å². The molecule has 5 heteroatoms. The number of hydrogen-bond acceptors (Lipinski definition) is 4. The van der Waals surface area contributed by atoms with Gasteiger partial charge in [-0.25, -0.2) is 0 Å². The molecule has 1 saturated heterocycles. The van der Waals surface area contributed by atoms with Crippen molar-refractivity contribution in [3.05, 3.63) is 29.3 Å². The average molecular weight is 356 g/mol. The smallest absolute Gasteiger partial charge is 0.235 e. The van der Waals surface area contributed by atoms with E-state index in [4.69, 9.17) is 0 Å². The number of benzene rings is 1. The third-order valence-corrected chi connectivity index (χ3v) is 6.68. The van der Waals surface area contributed by atoms with Crippen LogP contribution in [0.15, 0.2) is 18.2 Å². The number of nitrogens with zero attached hydrogens (tertiary/aromatic N) is 1. The molecule has 1 saturated carbocycles. The molecule has 26 heavy (non-hydrogen) atoms. The summed E-state index contributed by atoms with van der Waals surface area (Å²) in [6.07, 6.45) is 5.64. The van der Waals surface area contributed by atoms with E-state index in [0.29, 0.717) is 24.2 Å². The SMILES string of the molecule is CC(=O)C[C@H]1CCN(C2CCC3(CC2)C(=O)Nc2cc(CO)ccc23)C1. The quantitative estimate of drug-likeness (QED) is 0.870. The summed E-state index contributed by atoms with van der Waals surface area (Å²) in [7, 11) is 0. The highest BCUT2D eigenvalue weighted by molar-refractivity contribution is 6.06. The fourth-order valence-corrected chi connectivity index (χ4v) is 5.30. The molecule has 2 fully saturated rings. The molecule has 1 atom stereocenters. The molecule has 1 aromatic carbocycles. The fraction of sp³-hybridized carbons (Fsp3) is 0.619. The summed E-state index contributed by atoms with van der Waals surface area (Å²) in [4.78, 5) is 26.7. The van der Waals surface area contributed by atoms with E-state index in [9.17, 15) is 14.7 Å². The van der Waals surface area contributed by atoms with Crippen molar-refractivity contribution in [1.82, 2.24) is 4.90 Å². The molecule has 1 amide bonds. The highest BCUT2D eigenvalue weighted by Crippen LogP contribution is 2.48. The molecule has 1 aliphatic carbocycles. The largest absolute Gasteiger partial charge is 0.392 e. The number of Topliss-reactive ketones (excluding diaryl/α,β-unsaturated/α-hetero) is 1. The Morgan fingerprint density at radius 3 is 2.77 bits per heavy atom.